The van der Waals surface area contributed by atoms with Crippen molar-refractivity contribution in [3.05, 3.63) is 71.8 Å². The molecule has 3 heterocycles. The minimum absolute atomic E-state index is 0.0623. The second kappa shape index (κ2) is 11.1. The van der Waals surface area contributed by atoms with E-state index >= 15 is 0 Å². The summed E-state index contributed by atoms with van der Waals surface area (Å²) in [6.07, 6.45) is 2.96. The van der Waals surface area contributed by atoms with E-state index in [1.807, 2.05) is 43.7 Å². The van der Waals surface area contributed by atoms with Crippen molar-refractivity contribution < 1.29 is 18.7 Å². The summed E-state index contributed by atoms with van der Waals surface area (Å²) in [5.41, 5.74) is 3.23. The number of anilines is 2. The van der Waals surface area contributed by atoms with E-state index in [1.54, 1.807) is 29.2 Å². The standard InChI is InChI=1S/C29H31FN6O3/c1-18(2)22-15-19(6-8-23(22)30)33-29-34-24-16-20(7-9-26(24)35(29)3)39-21-10-11-31-25(17-21)28(38)32-12-14-36-13-4-5-27(36)37/h6-11,15-18H,4-5,12-14H2,1-3H3,(H,32,38)(H,33,34). The Morgan fingerprint density at radius 2 is 1.95 bits per heavy atom. The summed E-state index contributed by atoms with van der Waals surface area (Å²) in [7, 11) is 1.90. The minimum atomic E-state index is -0.329. The zero-order chi connectivity index (χ0) is 27.5. The Kier molecular flexibility index (Phi) is 7.44. The zero-order valence-corrected chi connectivity index (χ0v) is 22.2. The molecule has 2 amide bonds. The van der Waals surface area contributed by atoms with E-state index in [0.29, 0.717) is 48.0 Å². The van der Waals surface area contributed by atoms with Crippen molar-refractivity contribution in [1.82, 2.24) is 24.8 Å². The summed E-state index contributed by atoms with van der Waals surface area (Å²) in [6, 6.07) is 13.8. The predicted molar refractivity (Wildman–Crippen MR) is 147 cm³/mol. The number of hydrogen-bond donors (Lipinski definition) is 2. The lowest BCUT2D eigenvalue weighted by atomic mass is 10.0. The van der Waals surface area contributed by atoms with Gasteiger partial charge >= 0.3 is 0 Å². The molecule has 1 aliphatic heterocycles. The Hall–Kier alpha value is -4.47. The summed E-state index contributed by atoms with van der Waals surface area (Å²) in [6.45, 7) is 5.49. The van der Waals surface area contributed by atoms with Crippen LogP contribution in [0.2, 0.25) is 0 Å². The van der Waals surface area contributed by atoms with Crippen LogP contribution in [0, 0.1) is 5.82 Å². The van der Waals surface area contributed by atoms with Crippen LogP contribution in [0.15, 0.2) is 54.7 Å². The van der Waals surface area contributed by atoms with Crippen LogP contribution in [0.25, 0.3) is 11.0 Å². The fourth-order valence-corrected chi connectivity index (χ4v) is 4.62. The first-order chi connectivity index (χ1) is 18.8. The number of fused-ring (bicyclic) bond motifs is 1. The molecule has 0 spiro atoms. The fourth-order valence-electron chi connectivity index (χ4n) is 4.62. The van der Waals surface area contributed by atoms with Crippen molar-refractivity contribution in [2.45, 2.75) is 32.6 Å². The maximum absolute atomic E-state index is 14.1. The van der Waals surface area contributed by atoms with E-state index in [-0.39, 0.29) is 29.2 Å². The van der Waals surface area contributed by atoms with E-state index < -0.39 is 0 Å². The Bertz CT molecular complexity index is 1530. The number of nitrogens with one attached hydrogen (secondary N) is 2. The molecule has 0 bridgehead atoms. The first kappa shape index (κ1) is 26.1. The predicted octanol–water partition coefficient (Wildman–Crippen LogP) is 5.12. The molecule has 4 aromatic rings. The molecular formula is C29H31FN6O3. The number of ether oxygens (including phenoxy) is 1. The van der Waals surface area contributed by atoms with Crippen LogP contribution in [0.3, 0.4) is 0 Å². The molecule has 2 aromatic heterocycles. The lowest BCUT2D eigenvalue weighted by Crippen LogP contribution is -2.35. The molecule has 2 N–H and O–H groups in total. The Labute approximate surface area is 226 Å². The van der Waals surface area contributed by atoms with E-state index in [0.717, 1.165) is 24.2 Å². The third kappa shape index (κ3) is 5.84. The summed E-state index contributed by atoms with van der Waals surface area (Å²) in [5, 5.41) is 6.09. The molecule has 0 radical (unpaired) electrons. The quantitative estimate of drug-likeness (QED) is 0.312. The number of imidazole rings is 1. The largest absolute Gasteiger partial charge is 0.457 e. The lowest BCUT2D eigenvalue weighted by molar-refractivity contribution is -0.127. The third-order valence-corrected chi connectivity index (χ3v) is 6.76. The maximum Gasteiger partial charge on any atom is 0.270 e. The molecule has 1 fully saturated rings. The number of rotatable bonds is 9. The summed E-state index contributed by atoms with van der Waals surface area (Å²) in [5.74, 6) is 1.27. The van der Waals surface area contributed by atoms with Crippen LogP contribution in [-0.2, 0) is 11.8 Å². The van der Waals surface area contributed by atoms with Crippen LogP contribution in [-0.4, -0.2) is 50.9 Å². The molecule has 2 aromatic carbocycles. The van der Waals surface area contributed by atoms with E-state index in [9.17, 15) is 14.0 Å². The molecular weight excluding hydrogens is 499 g/mol. The molecule has 0 saturated carbocycles. The molecule has 9 nitrogen and oxygen atoms in total. The van der Waals surface area contributed by atoms with E-state index in [2.05, 4.69) is 15.6 Å². The van der Waals surface area contributed by atoms with Crippen molar-refractivity contribution in [2.75, 3.05) is 25.0 Å². The molecule has 0 unspecified atom stereocenters. The smallest absolute Gasteiger partial charge is 0.270 e. The number of aryl methyl sites for hydroxylation is 1. The van der Waals surface area contributed by atoms with E-state index in [4.69, 9.17) is 9.72 Å². The van der Waals surface area contributed by atoms with Crippen LogP contribution in [0.1, 0.15) is 48.7 Å². The Morgan fingerprint density at radius 1 is 1.13 bits per heavy atom. The second-order valence-electron chi connectivity index (χ2n) is 9.88. The van der Waals surface area contributed by atoms with Gasteiger partial charge in [-0.25, -0.2) is 9.37 Å². The molecule has 0 atom stereocenters. The topological polar surface area (TPSA) is 101 Å². The van der Waals surface area contributed by atoms with Gasteiger partial charge in [0.1, 0.15) is 23.0 Å². The monoisotopic (exact) mass is 530 g/mol. The van der Waals surface area contributed by atoms with Gasteiger partial charge in [-0.3, -0.25) is 14.6 Å². The molecule has 202 valence electrons. The van der Waals surface area contributed by atoms with Gasteiger partial charge in [0.25, 0.3) is 5.91 Å². The second-order valence-corrected chi connectivity index (χ2v) is 9.88. The highest BCUT2D eigenvalue weighted by atomic mass is 19.1. The normalized spacial score (nSPS) is 13.4. The van der Waals surface area contributed by atoms with Crippen molar-refractivity contribution in [3.8, 4) is 11.5 Å². The van der Waals surface area contributed by atoms with Crippen molar-refractivity contribution in [3.63, 3.8) is 0 Å². The highest BCUT2D eigenvalue weighted by Gasteiger charge is 2.20. The summed E-state index contributed by atoms with van der Waals surface area (Å²) in [4.78, 5) is 34.9. The van der Waals surface area contributed by atoms with Gasteiger partial charge < -0.3 is 24.8 Å². The van der Waals surface area contributed by atoms with Gasteiger partial charge in [-0.15, -0.1) is 0 Å². The number of carbonyl (C=O) groups is 2. The van der Waals surface area contributed by atoms with Crippen LogP contribution in [0.4, 0.5) is 16.0 Å². The Morgan fingerprint density at radius 3 is 2.72 bits per heavy atom. The molecule has 5 rings (SSSR count). The van der Waals surface area contributed by atoms with E-state index in [1.165, 1.54) is 12.3 Å². The molecule has 0 aliphatic carbocycles. The number of carbonyl (C=O) groups excluding carboxylic acids is 2. The summed E-state index contributed by atoms with van der Waals surface area (Å²) >= 11 is 0. The number of amides is 2. The van der Waals surface area contributed by atoms with Gasteiger partial charge in [0, 0.05) is 57.1 Å². The van der Waals surface area contributed by atoms with Crippen molar-refractivity contribution in [1.29, 1.82) is 0 Å². The number of nitrogens with zero attached hydrogens (tertiary/aromatic N) is 4. The number of hydrogen-bond acceptors (Lipinski definition) is 6. The minimum Gasteiger partial charge on any atom is -0.457 e. The molecule has 1 aliphatic rings. The average Bonchev–Trinajstić information content (AvgIpc) is 3.46. The highest BCUT2D eigenvalue weighted by Crippen LogP contribution is 2.29. The molecule has 39 heavy (non-hydrogen) atoms. The first-order valence-electron chi connectivity index (χ1n) is 13.0. The number of halogens is 1. The highest BCUT2D eigenvalue weighted by molar-refractivity contribution is 5.92. The van der Waals surface area contributed by atoms with Crippen LogP contribution < -0.4 is 15.4 Å². The lowest BCUT2D eigenvalue weighted by Gasteiger charge is -2.15. The Balaban J connectivity index is 1.26. The SMILES string of the molecule is CC(C)c1cc(Nc2nc3cc(Oc4ccnc(C(=O)NCCN5CCCC5=O)c4)ccc3n2C)ccc1F. The van der Waals surface area contributed by atoms with Crippen LogP contribution >= 0.6 is 0 Å². The van der Waals surface area contributed by atoms with Crippen molar-refractivity contribution >= 4 is 34.5 Å². The average molecular weight is 531 g/mol. The summed E-state index contributed by atoms with van der Waals surface area (Å²) < 4.78 is 22.1. The van der Waals surface area contributed by atoms with Gasteiger partial charge in [0.05, 0.1) is 11.0 Å². The fraction of sp³-hybridized carbons (Fsp3) is 0.310. The number of aromatic nitrogens is 3. The van der Waals surface area contributed by atoms with Gasteiger partial charge in [-0.2, -0.15) is 0 Å². The van der Waals surface area contributed by atoms with Gasteiger partial charge in [-0.1, -0.05) is 13.8 Å². The third-order valence-electron chi connectivity index (χ3n) is 6.76. The molecule has 10 heteroatoms. The first-order valence-corrected chi connectivity index (χ1v) is 13.0. The number of pyridine rings is 1. The van der Waals surface area contributed by atoms with Gasteiger partial charge in [0.15, 0.2) is 0 Å². The van der Waals surface area contributed by atoms with Crippen molar-refractivity contribution in [2.24, 2.45) is 7.05 Å². The van der Waals surface area contributed by atoms with Gasteiger partial charge in [-0.05, 0) is 54.3 Å². The maximum atomic E-state index is 14.1. The zero-order valence-electron chi connectivity index (χ0n) is 22.2. The molecule has 1 saturated heterocycles. The number of benzene rings is 2. The van der Waals surface area contributed by atoms with Gasteiger partial charge in [0.2, 0.25) is 11.9 Å². The van der Waals surface area contributed by atoms with Crippen LogP contribution in [0.5, 0.6) is 11.5 Å². The number of likely N-dealkylation sites (tertiary alicyclic amines) is 1.